The van der Waals surface area contributed by atoms with Crippen molar-refractivity contribution in [2.24, 2.45) is 5.92 Å². The second-order valence-corrected chi connectivity index (χ2v) is 9.45. The fraction of sp³-hybridized carbons (Fsp3) is 0.364. The number of hydrogen-bond donors (Lipinski definition) is 1. The second kappa shape index (κ2) is 10.1. The number of amides is 1. The number of ether oxygens (including phenoxy) is 1. The van der Waals surface area contributed by atoms with Crippen LogP contribution >= 0.6 is 0 Å². The zero-order valence-corrected chi connectivity index (χ0v) is 19.3. The van der Waals surface area contributed by atoms with Gasteiger partial charge in [-0.25, -0.2) is 27.0 Å². The van der Waals surface area contributed by atoms with Gasteiger partial charge >= 0.3 is 5.97 Å². The molecule has 9 nitrogen and oxygen atoms in total. The maximum Gasteiger partial charge on any atom is 0.340 e. The van der Waals surface area contributed by atoms with Crippen molar-refractivity contribution in [3.05, 3.63) is 58.0 Å². The van der Waals surface area contributed by atoms with Gasteiger partial charge in [-0.05, 0) is 37.1 Å². The molecule has 0 unspecified atom stereocenters. The minimum atomic E-state index is -4.02. The molecular weight excluding hydrogens is 470 g/mol. The lowest BCUT2D eigenvalue weighted by Crippen LogP contribution is -2.55. The Morgan fingerprint density at radius 1 is 1.32 bits per heavy atom. The lowest BCUT2D eigenvalue weighted by atomic mass is 9.98. The van der Waals surface area contributed by atoms with Crippen molar-refractivity contribution in [3.8, 4) is 6.07 Å². The molecule has 3 rings (SSSR count). The number of nitrogens with zero attached hydrogens (tertiary/aromatic N) is 3. The predicted molar refractivity (Wildman–Crippen MR) is 117 cm³/mol. The molecule has 1 N–H and O–H groups in total. The van der Waals surface area contributed by atoms with Gasteiger partial charge in [-0.2, -0.15) is 5.26 Å². The van der Waals surface area contributed by atoms with E-state index in [-0.39, 0.29) is 47.9 Å². The molecule has 1 aliphatic rings. The van der Waals surface area contributed by atoms with Gasteiger partial charge in [-0.1, -0.05) is 12.1 Å². The molecule has 1 aliphatic heterocycles. The summed E-state index contributed by atoms with van der Waals surface area (Å²) in [6.07, 6.45) is 0. The van der Waals surface area contributed by atoms with E-state index < -0.39 is 46.1 Å². The number of hydrogen-bond acceptors (Lipinski definition) is 8. The molecule has 34 heavy (non-hydrogen) atoms. The number of esters is 1. The molecule has 12 heteroatoms. The smallest absolute Gasteiger partial charge is 0.340 e. The Morgan fingerprint density at radius 2 is 2.03 bits per heavy atom. The van der Waals surface area contributed by atoms with Gasteiger partial charge in [-0.3, -0.25) is 9.52 Å². The van der Waals surface area contributed by atoms with Crippen molar-refractivity contribution >= 4 is 27.7 Å². The molecule has 0 spiro atoms. The van der Waals surface area contributed by atoms with Crippen LogP contribution in [0.5, 0.6) is 0 Å². The lowest BCUT2D eigenvalue weighted by Gasteiger charge is -2.39. The largest absolute Gasteiger partial charge is 0.462 e. The fourth-order valence-electron chi connectivity index (χ4n) is 3.46. The number of aryl methyl sites for hydroxylation is 1. The topological polar surface area (TPSA) is 129 Å². The molecule has 1 saturated heterocycles. The number of carbonyl (C=O) groups excluding carboxylic acids is 2. The summed E-state index contributed by atoms with van der Waals surface area (Å²) in [5, 5.41) is 9.45. The van der Waals surface area contributed by atoms with Crippen molar-refractivity contribution in [1.82, 2.24) is 9.71 Å². The molecular formula is C22H22F2N4O5S. The number of sulfonamides is 1. The van der Waals surface area contributed by atoms with E-state index in [1.807, 2.05) is 10.8 Å². The average Bonchev–Trinajstić information content (AvgIpc) is 2.74. The number of rotatable bonds is 8. The first-order valence-corrected chi connectivity index (χ1v) is 11.9. The van der Waals surface area contributed by atoms with Crippen LogP contribution in [0.25, 0.3) is 0 Å². The van der Waals surface area contributed by atoms with Gasteiger partial charge in [0.2, 0.25) is 15.9 Å². The summed E-state index contributed by atoms with van der Waals surface area (Å²) in [5.74, 6) is -3.11. The summed E-state index contributed by atoms with van der Waals surface area (Å²) < 4.78 is 58.5. The molecule has 1 aromatic heterocycles. The molecule has 0 bridgehead atoms. The van der Waals surface area contributed by atoms with Crippen LogP contribution in [0.15, 0.2) is 24.3 Å². The SMILES string of the molecule is CCOC(=O)c1cc(C#N)c(N2CC(C(=O)NS(=O)(=O)Cc3ccc(F)c(C)c3)C2)nc1CF. The number of anilines is 1. The van der Waals surface area contributed by atoms with Crippen molar-refractivity contribution in [1.29, 1.82) is 5.26 Å². The van der Waals surface area contributed by atoms with Crippen LogP contribution in [0.3, 0.4) is 0 Å². The van der Waals surface area contributed by atoms with Crippen molar-refractivity contribution in [2.45, 2.75) is 26.3 Å². The Morgan fingerprint density at radius 3 is 2.62 bits per heavy atom. The number of nitrogens with one attached hydrogen (secondary N) is 1. The van der Waals surface area contributed by atoms with E-state index in [1.54, 1.807) is 6.92 Å². The highest BCUT2D eigenvalue weighted by atomic mass is 32.2. The third-order valence-electron chi connectivity index (χ3n) is 5.21. The number of halogens is 2. The van der Waals surface area contributed by atoms with Crippen LogP contribution in [-0.4, -0.2) is 45.0 Å². The number of pyridine rings is 1. The normalized spacial score (nSPS) is 13.7. The Bertz CT molecular complexity index is 1270. The van der Waals surface area contributed by atoms with E-state index in [0.29, 0.717) is 5.56 Å². The van der Waals surface area contributed by atoms with Crippen LogP contribution in [-0.2, 0) is 32.0 Å². The van der Waals surface area contributed by atoms with Crippen molar-refractivity contribution < 1.29 is 31.5 Å². The third kappa shape index (κ3) is 5.48. The zero-order valence-electron chi connectivity index (χ0n) is 18.5. The molecule has 180 valence electrons. The van der Waals surface area contributed by atoms with E-state index in [4.69, 9.17) is 4.74 Å². The summed E-state index contributed by atoms with van der Waals surface area (Å²) in [7, 11) is -4.02. The molecule has 0 aliphatic carbocycles. The molecule has 0 radical (unpaired) electrons. The van der Waals surface area contributed by atoms with Gasteiger partial charge < -0.3 is 9.64 Å². The quantitative estimate of drug-likeness (QED) is 0.555. The first kappa shape index (κ1) is 25.0. The van der Waals surface area contributed by atoms with E-state index >= 15 is 0 Å². The van der Waals surface area contributed by atoms with E-state index in [0.717, 1.165) is 6.07 Å². The zero-order chi connectivity index (χ0) is 25.0. The number of benzene rings is 1. The molecule has 2 aromatic rings. The minimum absolute atomic E-state index is 0.00147. The Kier molecular flexibility index (Phi) is 7.46. The van der Waals surface area contributed by atoms with Gasteiger partial charge in [0.15, 0.2) is 0 Å². The van der Waals surface area contributed by atoms with Crippen molar-refractivity contribution in [2.75, 3.05) is 24.6 Å². The number of alkyl halides is 1. The van der Waals surface area contributed by atoms with Crippen LogP contribution in [0.1, 0.15) is 39.7 Å². The lowest BCUT2D eigenvalue weighted by molar-refractivity contribution is -0.123. The predicted octanol–water partition coefficient (Wildman–Crippen LogP) is 2.13. The third-order valence-corrected chi connectivity index (χ3v) is 6.44. The summed E-state index contributed by atoms with van der Waals surface area (Å²) in [6.45, 7) is 2.19. The van der Waals surface area contributed by atoms with Crippen LogP contribution in [0, 0.1) is 30.0 Å². The summed E-state index contributed by atoms with van der Waals surface area (Å²) in [4.78, 5) is 30.1. The highest BCUT2D eigenvalue weighted by Crippen LogP contribution is 2.29. The summed E-state index contributed by atoms with van der Waals surface area (Å²) >= 11 is 0. The number of nitriles is 1. The average molecular weight is 493 g/mol. The monoisotopic (exact) mass is 492 g/mol. The van der Waals surface area contributed by atoms with E-state index in [9.17, 15) is 32.0 Å². The Hall–Kier alpha value is -3.59. The summed E-state index contributed by atoms with van der Waals surface area (Å²) in [5.41, 5.74) is 0.270. The highest BCUT2D eigenvalue weighted by Gasteiger charge is 2.37. The molecule has 1 fully saturated rings. The number of carbonyl (C=O) groups is 2. The Labute approximate surface area is 195 Å². The van der Waals surface area contributed by atoms with Crippen LogP contribution in [0.2, 0.25) is 0 Å². The molecule has 0 saturated carbocycles. The van der Waals surface area contributed by atoms with Gasteiger partial charge in [0.25, 0.3) is 0 Å². The van der Waals surface area contributed by atoms with Gasteiger partial charge in [0.1, 0.15) is 24.4 Å². The molecule has 1 amide bonds. The van der Waals surface area contributed by atoms with Gasteiger partial charge in [0.05, 0.1) is 35.1 Å². The summed E-state index contributed by atoms with van der Waals surface area (Å²) in [6, 6.07) is 6.96. The Balaban J connectivity index is 1.68. The highest BCUT2D eigenvalue weighted by molar-refractivity contribution is 7.89. The van der Waals surface area contributed by atoms with E-state index in [1.165, 1.54) is 30.0 Å². The standard InChI is InChI=1S/C22H22F2N4O5S/c1-3-33-22(30)17-7-15(9-25)20(26-19(17)8-23)28-10-16(11-28)21(29)27-34(31,32)12-14-4-5-18(24)13(2)6-14/h4-7,16H,3,8,10-12H2,1-2H3,(H,27,29). The van der Waals surface area contributed by atoms with E-state index in [2.05, 4.69) is 4.98 Å². The minimum Gasteiger partial charge on any atom is -0.462 e. The maximum atomic E-state index is 13.5. The van der Waals surface area contributed by atoms with Crippen LogP contribution < -0.4 is 9.62 Å². The molecule has 2 heterocycles. The van der Waals surface area contributed by atoms with Crippen LogP contribution in [0.4, 0.5) is 14.6 Å². The number of aromatic nitrogens is 1. The second-order valence-electron chi connectivity index (χ2n) is 7.73. The van der Waals surface area contributed by atoms with Crippen molar-refractivity contribution in [3.63, 3.8) is 0 Å². The van der Waals surface area contributed by atoms with Gasteiger partial charge in [0, 0.05) is 13.1 Å². The van der Waals surface area contributed by atoms with Gasteiger partial charge in [-0.15, -0.1) is 0 Å². The molecule has 1 aromatic carbocycles. The maximum absolute atomic E-state index is 13.5. The molecule has 0 atom stereocenters. The fourth-order valence-corrected chi connectivity index (χ4v) is 4.62. The first-order chi connectivity index (χ1) is 16.1. The first-order valence-electron chi connectivity index (χ1n) is 10.3.